The number of morpholine rings is 1. The van der Waals surface area contributed by atoms with Gasteiger partial charge in [0.15, 0.2) is 11.2 Å². The highest BCUT2D eigenvalue weighted by Gasteiger charge is 2.24. The van der Waals surface area contributed by atoms with Gasteiger partial charge in [-0.05, 0) is 6.07 Å². The van der Waals surface area contributed by atoms with Crippen molar-refractivity contribution in [1.29, 1.82) is 0 Å². The molecule has 0 bridgehead atoms. The Bertz CT molecular complexity index is 1140. The molecular weight excluding hydrogens is 362 g/mol. The number of imidazole rings is 1. The third-order valence-corrected chi connectivity index (χ3v) is 5.14. The molecule has 0 unspecified atom stereocenters. The molecule has 148 valence electrons. The Morgan fingerprint density at radius 2 is 1.82 bits per heavy atom. The fourth-order valence-corrected chi connectivity index (χ4v) is 3.59. The molecule has 1 fully saturated rings. The topological polar surface area (TPSA) is 83.5 Å². The SMILES string of the molecule is COc1ccccc1Cn1c(N2CCOCC2)nc2c1c(=O)n(C)c(=O)n2C. The van der Waals surface area contributed by atoms with Gasteiger partial charge >= 0.3 is 5.69 Å². The number of rotatable bonds is 4. The Kier molecular flexibility index (Phi) is 4.68. The van der Waals surface area contributed by atoms with Crippen LogP contribution in [0.1, 0.15) is 5.56 Å². The molecule has 3 heterocycles. The second-order valence-corrected chi connectivity index (χ2v) is 6.79. The van der Waals surface area contributed by atoms with Crippen LogP contribution in [0.15, 0.2) is 33.9 Å². The minimum absolute atomic E-state index is 0.361. The number of ether oxygens (including phenoxy) is 2. The highest BCUT2D eigenvalue weighted by molar-refractivity contribution is 5.75. The molecule has 0 aliphatic carbocycles. The number of anilines is 1. The van der Waals surface area contributed by atoms with E-state index in [9.17, 15) is 9.59 Å². The van der Waals surface area contributed by atoms with E-state index in [1.807, 2.05) is 28.8 Å². The molecule has 1 saturated heterocycles. The molecule has 4 rings (SSSR count). The lowest BCUT2D eigenvalue weighted by Gasteiger charge is -2.28. The van der Waals surface area contributed by atoms with Crippen LogP contribution in [0, 0.1) is 0 Å². The van der Waals surface area contributed by atoms with Crippen molar-refractivity contribution in [2.24, 2.45) is 14.1 Å². The second kappa shape index (κ2) is 7.16. The maximum atomic E-state index is 13.0. The first kappa shape index (κ1) is 18.3. The molecule has 0 spiro atoms. The van der Waals surface area contributed by atoms with Crippen molar-refractivity contribution in [2.75, 3.05) is 38.3 Å². The van der Waals surface area contributed by atoms with Crippen LogP contribution in [0.5, 0.6) is 5.75 Å². The van der Waals surface area contributed by atoms with E-state index in [-0.39, 0.29) is 5.56 Å². The maximum absolute atomic E-state index is 13.0. The molecule has 1 aliphatic heterocycles. The van der Waals surface area contributed by atoms with E-state index in [0.717, 1.165) is 15.9 Å². The van der Waals surface area contributed by atoms with Gasteiger partial charge in [-0.15, -0.1) is 0 Å². The largest absolute Gasteiger partial charge is 0.496 e. The van der Waals surface area contributed by atoms with Crippen LogP contribution in [-0.2, 0) is 25.4 Å². The zero-order chi connectivity index (χ0) is 19.8. The van der Waals surface area contributed by atoms with Gasteiger partial charge in [0.25, 0.3) is 5.56 Å². The van der Waals surface area contributed by atoms with Crippen molar-refractivity contribution in [3.8, 4) is 5.75 Å². The molecule has 1 aromatic carbocycles. The van der Waals surface area contributed by atoms with Gasteiger partial charge in [0.2, 0.25) is 5.95 Å². The number of para-hydroxylation sites is 1. The van der Waals surface area contributed by atoms with Crippen LogP contribution in [0.25, 0.3) is 11.2 Å². The number of aryl methyl sites for hydroxylation is 1. The summed E-state index contributed by atoms with van der Waals surface area (Å²) in [5.74, 6) is 1.39. The molecule has 9 heteroatoms. The molecule has 0 saturated carbocycles. The predicted octanol–water partition coefficient (Wildman–Crippen LogP) is 0.327. The molecule has 0 radical (unpaired) electrons. The van der Waals surface area contributed by atoms with Gasteiger partial charge in [0.1, 0.15) is 5.75 Å². The minimum atomic E-state index is -0.395. The number of fused-ring (bicyclic) bond motifs is 1. The fourth-order valence-electron chi connectivity index (χ4n) is 3.59. The average molecular weight is 385 g/mol. The molecule has 28 heavy (non-hydrogen) atoms. The van der Waals surface area contributed by atoms with Crippen molar-refractivity contribution in [1.82, 2.24) is 18.7 Å². The fraction of sp³-hybridized carbons (Fsp3) is 0.421. The summed E-state index contributed by atoms with van der Waals surface area (Å²) in [4.78, 5) is 32.1. The lowest BCUT2D eigenvalue weighted by atomic mass is 10.2. The zero-order valence-electron chi connectivity index (χ0n) is 16.2. The van der Waals surface area contributed by atoms with Crippen molar-refractivity contribution in [3.63, 3.8) is 0 Å². The van der Waals surface area contributed by atoms with Crippen molar-refractivity contribution in [2.45, 2.75) is 6.54 Å². The lowest BCUT2D eigenvalue weighted by molar-refractivity contribution is 0.121. The zero-order valence-corrected chi connectivity index (χ0v) is 16.2. The minimum Gasteiger partial charge on any atom is -0.496 e. The average Bonchev–Trinajstić information content (AvgIpc) is 3.11. The normalized spacial score (nSPS) is 14.6. The predicted molar refractivity (Wildman–Crippen MR) is 105 cm³/mol. The molecule has 0 atom stereocenters. The summed E-state index contributed by atoms with van der Waals surface area (Å²) < 4.78 is 15.3. The van der Waals surface area contributed by atoms with Gasteiger partial charge in [-0.1, -0.05) is 18.2 Å². The van der Waals surface area contributed by atoms with E-state index in [4.69, 9.17) is 14.5 Å². The Labute approximate surface area is 161 Å². The van der Waals surface area contributed by atoms with Crippen LogP contribution in [0.2, 0.25) is 0 Å². The molecule has 2 aromatic heterocycles. The second-order valence-electron chi connectivity index (χ2n) is 6.79. The van der Waals surface area contributed by atoms with E-state index >= 15 is 0 Å². The number of hydrogen-bond acceptors (Lipinski definition) is 6. The van der Waals surface area contributed by atoms with Gasteiger partial charge in [0, 0.05) is 32.7 Å². The van der Waals surface area contributed by atoms with E-state index < -0.39 is 5.69 Å². The number of benzene rings is 1. The number of hydrogen-bond donors (Lipinski definition) is 0. The summed E-state index contributed by atoms with van der Waals surface area (Å²) in [5, 5.41) is 0. The summed E-state index contributed by atoms with van der Waals surface area (Å²) in [6, 6.07) is 7.68. The third kappa shape index (κ3) is 2.88. The summed E-state index contributed by atoms with van der Waals surface area (Å²) in [6.07, 6.45) is 0. The van der Waals surface area contributed by atoms with Crippen LogP contribution < -0.4 is 20.9 Å². The summed E-state index contributed by atoms with van der Waals surface area (Å²) in [7, 11) is 4.74. The monoisotopic (exact) mass is 385 g/mol. The molecule has 1 aliphatic rings. The molecule has 0 amide bonds. The first-order valence-corrected chi connectivity index (χ1v) is 9.13. The van der Waals surface area contributed by atoms with Gasteiger partial charge < -0.3 is 14.4 Å². The van der Waals surface area contributed by atoms with E-state index in [0.29, 0.717) is 50.0 Å². The number of methoxy groups -OCH3 is 1. The summed E-state index contributed by atoms with van der Waals surface area (Å²) >= 11 is 0. The van der Waals surface area contributed by atoms with E-state index in [1.54, 1.807) is 14.2 Å². The Hall–Kier alpha value is -3.07. The summed E-state index contributed by atoms with van der Waals surface area (Å²) in [5.41, 5.74) is 0.948. The molecule has 3 aromatic rings. The van der Waals surface area contributed by atoms with E-state index in [2.05, 4.69) is 4.90 Å². The van der Waals surface area contributed by atoms with Crippen LogP contribution in [0.4, 0.5) is 5.95 Å². The van der Waals surface area contributed by atoms with Gasteiger partial charge in [0.05, 0.1) is 26.9 Å². The first-order valence-electron chi connectivity index (χ1n) is 9.13. The van der Waals surface area contributed by atoms with Crippen molar-refractivity contribution < 1.29 is 9.47 Å². The summed E-state index contributed by atoms with van der Waals surface area (Å²) in [6.45, 7) is 2.93. The Morgan fingerprint density at radius 3 is 2.54 bits per heavy atom. The van der Waals surface area contributed by atoms with E-state index in [1.165, 1.54) is 11.6 Å². The van der Waals surface area contributed by atoms with Gasteiger partial charge in [-0.25, -0.2) is 4.79 Å². The van der Waals surface area contributed by atoms with Gasteiger partial charge in [-0.3, -0.25) is 18.5 Å². The molecule has 0 N–H and O–H groups in total. The smallest absolute Gasteiger partial charge is 0.332 e. The number of nitrogens with zero attached hydrogens (tertiary/aromatic N) is 5. The molecule has 9 nitrogen and oxygen atoms in total. The first-order chi connectivity index (χ1) is 13.5. The van der Waals surface area contributed by atoms with Gasteiger partial charge in [-0.2, -0.15) is 4.98 Å². The Balaban J connectivity index is 1.98. The number of aromatic nitrogens is 4. The van der Waals surface area contributed by atoms with Crippen LogP contribution in [0.3, 0.4) is 0 Å². The van der Waals surface area contributed by atoms with Crippen LogP contribution in [-0.4, -0.2) is 52.1 Å². The highest BCUT2D eigenvalue weighted by Crippen LogP contribution is 2.25. The maximum Gasteiger partial charge on any atom is 0.332 e. The van der Waals surface area contributed by atoms with Crippen molar-refractivity contribution in [3.05, 3.63) is 50.7 Å². The standard InChI is InChI=1S/C19H23N5O4/c1-21-16-15(17(25)22(2)19(21)26)24(12-13-6-4-5-7-14(13)27-3)18(20-16)23-8-10-28-11-9-23/h4-7H,8-12H2,1-3H3. The highest BCUT2D eigenvalue weighted by atomic mass is 16.5. The van der Waals surface area contributed by atoms with Crippen LogP contribution >= 0.6 is 0 Å². The lowest BCUT2D eigenvalue weighted by Crippen LogP contribution is -2.38. The van der Waals surface area contributed by atoms with Crippen molar-refractivity contribution >= 4 is 17.1 Å². The Morgan fingerprint density at radius 1 is 1.11 bits per heavy atom. The molecular formula is C19H23N5O4. The third-order valence-electron chi connectivity index (χ3n) is 5.14. The quantitative estimate of drug-likeness (QED) is 0.644.